The maximum absolute atomic E-state index is 12.3. The van der Waals surface area contributed by atoms with Gasteiger partial charge in [-0.25, -0.2) is 0 Å². The molecule has 2 nitrogen and oxygen atoms in total. The van der Waals surface area contributed by atoms with Gasteiger partial charge in [-0.2, -0.15) is 0 Å². The molecule has 0 N–H and O–H groups in total. The van der Waals surface area contributed by atoms with E-state index in [-0.39, 0.29) is 5.78 Å². The van der Waals surface area contributed by atoms with Crippen LogP contribution < -0.4 is 0 Å². The second-order valence-electron chi connectivity index (χ2n) is 4.95. The average molecular weight is 240 g/mol. The van der Waals surface area contributed by atoms with Crippen molar-refractivity contribution in [3.63, 3.8) is 0 Å². The molecule has 0 atom stereocenters. The summed E-state index contributed by atoms with van der Waals surface area (Å²) in [5, 5.41) is 0. The van der Waals surface area contributed by atoms with Crippen molar-refractivity contribution in [3.05, 3.63) is 58.5 Å². The van der Waals surface area contributed by atoms with E-state index in [0.29, 0.717) is 5.76 Å². The second kappa shape index (κ2) is 4.45. The lowest BCUT2D eigenvalue weighted by Gasteiger charge is -2.16. The highest BCUT2D eigenvalue weighted by atomic mass is 16.3. The third-order valence-corrected chi connectivity index (χ3v) is 3.68. The van der Waals surface area contributed by atoms with Gasteiger partial charge in [-0.1, -0.05) is 12.1 Å². The zero-order valence-electron chi connectivity index (χ0n) is 10.5. The molecule has 1 aromatic carbocycles. The van der Waals surface area contributed by atoms with Crippen molar-refractivity contribution in [1.82, 2.24) is 0 Å². The maximum Gasteiger partial charge on any atom is 0.228 e. The first kappa shape index (κ1) is 11.3. The molecule has 0 amide bonds. The first-order chi connectivity index (χ1) is 8.75. The minimum absolute atomic E-state index is 0.00845. The topological polar surface area (TPSA) is 30.2 Å². The standard InChI is InChI=1S/C16H16O2/c1-11-8-9-18-16(11)15(17)14-7-6-12-4-2-3-5-13(12)10-14/h6-10H,2-5H2,1H3. The molecule has 0 fully saturated rings. The van der Waals surface area contributed by atoms with Crippen LogP contribution in [0.2, 0.25) is 0 Å². The van der Waals surface area contributed by atoms with Gasteiger partial charge in [-0.05, 0) is 61.4 Å². The molecule has 0 bridgehead atoms. The monoisotopic (exact) mass is 240 g/mol. The van der Waals surface area contributed by atoms with Crippen molar-refractivity contribution in [2.45, 2.75) is 32.6 Å². The highest BCUT2D eigenvalue weighted by molar-refractivity contribution is 6.08. The Morgan fingerprint density at radius 3 is 2.61 bits per heavy atom. The quantitative estimate of drug-likeness (QED) is 0.749. The minimum atomic E-state index is -0.00845. The summed E-state index contributed by atoms with van der Waals surface area (Å²) in [7, 11) is 0. The Balaban J connectivity index is 1.98. The summed E-state index contributed by atoms with van der Waals surface area (Å²) >= 11 is 0. The van der Waals surface area contributed by atoms with Gasteiger partial charge in [0.25, 0.3) is 0 Å². The Morgan fingerprint density at radius 1 is 1.11 bits per heavy atom. The molecule has 0 radical (unpaired) electrons. The molecule has 0 saturated carbocycles. The largest absolute Gasteiger partial charge is 0.461 e. The lowest BCUT2D eigenvalue weighted by molar-refractivity contribution is 0.101. The zero-order valence-corrected chi connectivity index (χ0v) is 10.5. The number of carbonyl (C=O) groups is 1. The number of ketones is 1. The normalized spacial score (nSPS) is 14.3. The van der Waals surface area contributed by atoms with E-state index in [4.69, 9.17) is 4.42 Å². The molecule has 0 spiro atoms. The number of hydrogen-bond donors (Lipinski definition) is 0. The van der Waals surface area contributed by atoms with Crippen LogP contribution in [0.3, 0.4) is 0 Å². The Bertz CT molecular complexity index is 593. The first-order valence-electron chi connectivity index (χ1n) is 6.46. The predicted octanol–water partition coefficient (Wildman–Crippen LogP) is 3.70. The number of hydrogen-bond acceptors (Lipinski definition) is 2. The molecule has 1 aliphatic carbocycles. The molecule has 0 unspecified atom stereocenters. The number of benzene rings is 1. The molecule has 0 saturated heterocycles. The van der Waals surface area contributed by atoms with Gasteiger partial charge in [0.1, 0.15) is 0 Å². The molecular formula is C16H16O2. The van der Waals surface area contributed by atoms with E-state index in [9.17, 15) is 4.79 Å². The summed E-state index contributed by atoms with van der Waals surface area (Å²) < 4.78 is 5.28. The molecule has 2 heteroatoms. The summed E-state index contributed by atoms with van der Waals surface area (Å²) in [4.78, 5) is 12.3. The number of rotatable bonds is 2. The van der Waals surface area contributed by atoms with E-state index in [0.717, 1.165) is 24.0 Å². The SMILES string of the molecule is Cc1ccoc1C(=O)c1ccc2c(c1)CCCC2. The molecule has 3 rings (SSSR count). The van der Waals surface area contributed by atoms with Gasteiger partial charge < -0.3 is 4.42 Å². The van der Waals surface area contributed by atoms with Gasteiger partial charge in [-0.15, -0.1) is 0 Å². The van der Waals surface area contributed by atoms with Crippen molar-refractivity contribution in [1.29, 1.82) is 0 Å². The van der Waals surface area contributed by atoms with Gasteiger partial charge in [0.2, 0.25) is 5.78 Å². The number of furan rings is 1. The number of aryl methyl sites for hydroxylation is 3. The molecule has 2 aromatic rings. The van der Waals surface area contributed by atoms with Gasteiger partial charge in [-0.3, -0.25) is 4.79 Å². The number of fused-ring (bicyclic) bond motifs is 1. The van der Waals surface area contributed by atoms with Gasteiger partial charge in [0, 0.05) is 5.56 Å². The maximum atomic E-state index is 12.3. The van der Waals surface area contributed by atoms with Gasteiger partial charge in [0.15, 0.2) is 5.76 Å². The average Bonchev–Trinajstić information content (AvgIpc) is 2.83. The summed E-state index contributed by atoms with van der Waals surface area (Å²) in [6, 6.07) is 7.89. The highest BCUT2D eigenvalue weighted by Gasteiger charge is 2.17. The molecule has 18 heavy (non-hydrogen) atoms. The van der Waals surface area contributed by atoms with Gasteiger partial charge in [0.05, 0.1) is 6.26 Å². The smallest absolute Gasteiger partial charge is 0.228 e. The van der Waals surface area contributed by atoms with Crippen LogP contribution in [0.15, 0.2) is 34.9 Å². The fraction of sp³-hybridized carbons (Fsp3) is 0.312. The van der Waals surface area contributed by atoms with E-state index in [1.54, 1.807) is 6.26 Å². The lowest BCUT2D eigenvalue weighted by Crippen LogP contribution is -2.07. The Labute approximate surface area is 107 Å². The first-order valence-corrected chi connectivity index (χ1v) is 6.46. The van der Waals surface area contributed by atoms with Gasteiger partial charge >= 0.3 is 0 Å². The van der Waals surface area contributed by atoms with Crippen LogP contribution in [0.25, 0.3) is 0 Å². The van der Waals surface area contributed by atoms with E-state index in [1.807, 2.05) is 25.1 Å². The summed E-state index contributed by atoms with van der Waals surface area (Å²) in [5.41, 5.74) is 4.37. The summed E-state index contributed by atoms with van der Waals surface area (Å²) in [6.07, 6.45) is 6.29. The van der Waals surface area contributed by atoms with Crippen molar-refractivity contribution in [2.24, 2.45) is 0 Å². The molecule has 92 valence electrons. The number of carbonyl (C=O) groups excluding carboxylic acids is 1. The summed E-state index contributed by atoms with van der Waals surface area (Å²) in [6.45, 7) is 1.90. The van der Waals surface area contributed by atoms with Crippen LogP contribution in [-0.2, 0) is 12.8 Å². The van der Waals surface area contributed by atoms with Crippen molar-refractivity contribution in [3.8, 4) is 0 Å². The summed E-state index contributed by atoms with van der Waals surface area (Å²) in [5.74, 6) is 0.455. The predicted molar refractivity (Wildman–Crippen MR) is 70.0 cm³/mol. The Morgan fingerprint density at radius 2 is 1.89 bits per heavy atom. The van der Waals surface area contributed by atoms with Crippen LogP contribution in [0.1, 0.15) is 45.7 Å². The third-order valence-electron chi connectivity index (χ3n) is 3.68. The van der Waals surface area contributed by atoms with E-state index < -0.39 is 0 Å². The Kier molecular flexibility index (Phi) is 2.78. The van der Waals surface area contributed by atoms with Crippen molar-refractivity contribution >= 4 is 5.78 Å². The Hall–Kier alpha value is -1.83. The zero-order chi connectivity index (χ0) is 12.5. The van der Waals surface area contributed by atoms with Crippen LogP contribution in [0.5, 0.6) is 0 Å². The highest BCUT2D eigenvalue weighted by Crippen LogP contribution is 2.24. The second-order valence-corrected chi connectivity index (χ2v) is 4.95. The van der Waals surface area contributed by atoms with Crippen LogP contribution in [-0.4, -0.2) is 5.78 Å². The van der Waals surface area contributed by atoms with Crippen LogP contribution >= 0.6 is 0 Å². The molecule has 1 aromatic heterocycles. The molecule has 1 heterocycles. The van der Waals surface area contributed by atoms with Crippen LogP contribution in [0, 0.1) is 6.92 Å². The fourth-order valence-corrected chi connectivity index (χ4v) is 2.61. The van der Waals surface area contributed by atoms with E-state index in [1.165, 1.54) is 24.0 Å². The molecule has 0 aliphatic heterocycles. The van der Waals surface area contributed by atoms with Crippen molar-refractivity contribution in [2.75, 3.05) is 0 Å². The van der Waals surface area contributed by atoms with E-state index in [2.05, 4.69) is 6.07 Å². The van der Waals surface area contributed by atoms with Crippen LogP contribution in [0.4, 0.5) is 0 Å². The molecule has 1 aliphatic rings. The van der Waals surface area contributed by atoms with E-state index >= 15 is 0 Å². The lowest BCUT2D eigenvalue weighted by atomic mass is 9.89. The third kappa shape index (κ3) is 1.88. The fourth-order valence-electron chi connectivity index (χ4n) is 2.61. The molecular weight excluding hydrogens is 224 g/mol. The minimum Gasteiger partial charge on any atom is -0.461 e. The van der Waals surface area contributed by atoms with Crippen molar-refractivity contribution < 1.29 is 9.21 Å².